The summed E-state index contributed by atoms with van der Waals surface area (Å²) in [5.41, 5.74) is 1.04. The molecular formula is C17H18BrN3O3. The lowest BCUT2D eigenvalue weighted by atomic mass is 10.2. The molecule has 7 heteroatoms. The van der Waals surface area contributed by atoms with Crippen LogP contribution >= 0.6 is 15.9 Å². The number of carbonyl (C=O) groups is 2. The number of furan rings is 1. The largest absolute Gasteiger partial charge is 0.459 e. The average Bonchev–Trinajstić information content (AvgIpc) is 3.15. The van der Waals surface area contributed by atoms with Crippen molar-refractivity contribution in [3.8, 4) is 0 Å². The van der Waals surface area contributed by atoms with Gasteiger partial charge in [0.1, 0.15) is 0 Å². The second-order valence-electron chi connectivity index (χ2n) is 5.54. The topological polar surface area (TPSA) is 65.8 Å². The molecule has 1 fully saturated rings. The maximum Gasteiger partial charge on any atom is 0.317 e. The molecular weight excluding hydrogens is 374 g/mol. The van der Waals surface area contributed by atoms with Gasteiger partial charge >= 0.3 is 6.03 Å². The van der Waals surface area contributed by atoms with E-state index in [4.69, 9.17) is 4.42 Å². The summed E-state index contributed by atoms with van der Waals surface area (Å²) in [6.07, 6.45) is 1.49. The van der Waals surface area contributed by atoms with Gasteiger partial charge in [0.05, 0.1) is 6.26 Å². The third-order valence-corrected chi connectivity index (χ3v) is 4.47. The molecule has 0 saturated carbocycles. The first kappa shape index (κ1) is 16.6. The molecule has 1 aliphatic heterocycles. The van der Waals surface area contributed by atoms with Gasteiger partial charge in [-0.3, -0.25) is 4.79 Å². The zero-order valence-electron chi connectivity index (χ0n) is 13.1. The highest BCUT2D eigenvalue weighted by Gasteiger charge is 2.25. The lowest BCUT2D eigenvalue weighted by Crippen LogP contribution is -2.53. The summed E-state index contributed by atoms with van der Waals surface area (Å²) >= 11 is 3.39. The molecule has 1 saturated heterocycles. The summed E-state index contributed by atoms with van der Waals surface area (Å²) in [5, 5.41) is 2.91. The molecule has 6 nitrogen and oxygen atoms in total. The van der Waals surface area contributed by atoms with Gasteiger partial charge < -0.3 is 19.5 Å². The monoisotopic (exact) mass is 391 g/mol. The molecule has 3 rings (SSSR count). The highest BCUT2D eigenvalue weighted by atomic mass is 79.9. The van der Waals surface area contributed by atoms with E-state index in [-0.39, 0.29) is 11.9 Å². The van der Waals surface area contributed by atoms with E-state index in [0.29, 0.717) is 38.5 Å². The SMILES string of the molecule is O=C(NCc1ccc(Br)cc1)N1CCN(C(=O)c2ccco2)CC1. The first-order valence-electron chi connectivity index (χ1n) is 7.73. The number of carbonyl (C=O) groups excluding carboxylic acids is 2. The fourth-order valence-electron chi connectivity index (χ4n) is 2.56. The lowest BCUT2D eigenvalue weighted by Gasteiger charge is -2.34. The molecule has 1 aromatic carbocycles. The highest BCUT2D eigenvalue weighted by molar-refractivity contribution is 9.10. The minimum Gasteiger partial charge on any atom is -0.459 e. The van der Waals surface area contributed by atoms with Crippen LogP contribution < -0.4 is 5.32 Å². The maximum absolute atomic E-state index is 12.2. The van der Waals surface area contributed by atoms with E-state index in [1.807, 2.05) is 24.3 Å². The first-order chi connectivity index (χ1) is 11.6. The third-order valence-electron chi connectivity index (χ3n) is 3.94. The Morgan fingerprint density at radius 1 is 1.04 bits per heavy atom. The Morgan fingerprint density at radius 2 is 1.71 bits per heavy atom. The number of hydrogen-bond donors (Lipinski definition) is 1. The number of hydrogen-bond acceptors (Lipinski definition) is 3. The number of urea groups is 1. The number of halogens is 1. The summed E-state index contributed by atoms with van der Waals surface area (Å²) < 4.78 is 6.14. The van der Waals surface area contributed by atoms with Crippen LogP contribution in [0.1, 0.15) is 16.1 Å². The molecule has 0 spiro atoms. The Hall–Kier alpha value is -2.28. The van der Waals surface area contributed by atoms with Crippen LogP contribution in [0, 0.1) is 0 Å². The molecule has 2 aromatic rings. The molecule has 0 aliphatic carbocycles. The smallest absolute Gasteiger partial charge is 0.317 e. The molecule has 0 radical (unpaired) electrons. The molecule has 0 bridgehead atoms. The van der Waals surface area contributed by atoms with E-state index >= 15 is 0 Å². The molecule has 1 aliphatic rings. The Balaban J connectivity index is 1.46. The van der Waals surface area contributed by atoms with Crippen molar-refractivity contribution in [3.05, 3.63) is 58.5 Å². The van der Waals surface area contributed by atoms with Gasteiger partial charge in [-0.1, -0.05) is 28.1 Å². The molecule has 24 heavy (non-hydrogen) atoms. The Kier molecular flexibility index (Phi) is 5.20. The normalized spacial score (nSPS) is 14.5. The van der Waals surface area contributed by atoms with Crippen molar-refractivity contribution < 1.29 is 14.0 Å². The zero-order valence-corrected chi connectivity index (χ0v) is 14.7. The summed E-state index contributed by atoms with van der Waals surface area (Å²) in [4.78, 5) is 27.8. The summed E-state index contributed by atoms with van der Waals surface area (Å²) in [7, 11) is 0. The van der Waals surface area contributed by atoms with Gasteiger partial charge in [-0.15, -0.1) is 0 Å². The lowest BCUT2D eigenvalue weighted by molar-refractivity contribution is 0.0634. The second-order valence-corrected chi connectivity index (χ2v) is 6.46. The van der Waals surface area contributed by atoms with E-state index < -0.39 is 0 Å². The van der Waals surface area contributed by atoms with Crippen LogP contribution in [-0.4, -0.2) is 47.9 Å². The van der Waals surface area contributed by atoms with E-state index in [1.54, 1.807) is 21.9 Å². The fraction of sp³-hybridized carbons (Fsp3) is 0.294. The molecule has 0 unspecified atom stereocenters. The van der Waals surface area contributed by atoms with Crippen LogP contribution in [-0.2, 0) is 6.54 Å². The number of rotatable bonds is 3. The van der Waals surface area contributed by atoms with Crippen molar-refractivity contribution in [3.63, 3.8) is 0 Å². The number of piperazine rings is 1. The van der Waals surface area contributed by atoms with Gasteiger partial charge in [-0.25, -0.2) is 4.79 Å². The number of amides is 3. The summed E-state index contributed by atoms with van der Waals surface area (Å²) in [5.74, 6) is 0.207. The minimum absolute atomic E-state index is 0.108. The van der Waals surface area contributed by atoms with Crippen molar-refractivity contribution in [1.29, 1.82) is 0 Å². The van der Waals surface area contributed by atoms with Gasteiger partial charge in [-0.2, -0.15) is 0 Å². The number of nitrogens with zero attached hydrogens (tertiary/aromatic N) is 2. The number of nitrogens with one attached hydrogen (secondary N) is 1. The summed E-state index contributed by atoms with van der Waals surface area (Å²) in [6, 6.07) is 11.1. The average molecular weight is 392 g/mol. The van der Waals surface area contributed by atoms with Crippen molar-refractivity contribution in [2.45, 2.75) is 6.54 Å². The predicted molar refractivity (Wildman–Crippen MR) is 92.6 cm³/mol. The molecule has 126 valence electrons. The minimum atomic E-state index is -0.130. The van der Waals surface area contributed by atoms with E-state index in [0.717, 1.165) is 10.0 Å². The Labute approximate surface area is 148 Å². The molecule has 1 N–H and O–H groups in total. The highest BCUT2D eigenvalue weighted by Crippen LogP contribution is 2.11. The van der Waals surface area contributed by atoms with Gasteiger partial charge in [-0.05, 0) is 29.8 Å². The van der Waals surface area contributed by atoms with Crippen molar-refractivity contribution in [2.75, 3.05) is 26.2 Å². The number of benzene rings is 1. The van der Waals surface area contributed by atoms with Crippen LogP contribution in [0.5, 0.6) is 0 Å². The van der Waals surface area contributed by atoms with Crippen LogP contribution in [0.4, 0.5) is 4.79 Å². The van der Waals surface area contributed by atoms with Gasteiger partial charge in [0.15, 0.2) is 5.76 Å². The Bertz CT molecular complexity index is 692. The van der Waals surface area contributed by atoms with Gasteiger partial charge in [0, 0.05) is 37.2 Å². The van der Waals surface area contributed by atoms with Crippen molar-refractivity contribution in [2.24, 2.45) is 0 Å². The van der Waals surface area contributed by atoms with Crippen LogP contribution in [0.15, 0.2) is 51.6 Å². The van der Waals surface area contributed by atoms with E-state index in [1.165, 1.54) is 6.26 Å². The quantitative estimate of drug-likeness (QED) is 0.874. The van der Waals surface area contributed by atoms with Crippen LogP contribution in [0.25, 0.3) is 0 Å². The van der Waals surface area contributed by atoms with Crippen LogP contribution in [0.3, 0.4) is 0 Å². The van der Waals surface area contributed by atoms with Gasteiger partial charge in [0.2, 0.25) is 0 Å². The standard InChI is InChI=1S/C17H18BrN3O3/c18-14-5-3-13(4-6-14)12-19-17(23)21-9-7-20(8-10-21)16(22)15-2-1-11-24-15/h1-6,11H,7-10,12H2,(H,19,23). The fourth-order valence-corrected chi connectivity index (χ4v) is 2.82. The molecule has 0 atom stereocenters. The molecule has 1 aromatic heterocycles. The first-order valence-corrected chi connectivity index (χ1v) is 8.53. The van der Waals surface area contributed by atoms with Crippen molar-refractivity contribution in [1.82, 2.24) is 15.1 Å². The molecule has 2 heterocycles. The maximum atomic E-state index is 12.2. The van der Waals surface area contributed by atoms with Crippen LogP contribution in [0.2, 0.25) is 0 Å². The van der Waals surface area contributed by atoms with E-state index in [2.05, 4.69) is 21.2 Å². The Morgan fingerprint density at radius 3 is 2.33 bits per heavy atom. The zero-order chi connectivity index (χ0) is 16.9. The molecule has 3 amide bonds. The van der Waals surface area contributed by atoms with Crippen molar-refractivity contribution >= 4 is 27.9 Å². The van der Waals surface area contributed by atoms with Gasteiger partial charge in [0.25, 0.3) is 5.91 Å². The summed E-state index contributed by atoms with van der Waals surface area (Å²) in [6.45, 7) is 2.52. The van der Waals surface area contributed by atoms with E-state index in [9.17, 15) is 9.59 Å². The predicted octanol–water partition coefficient (Wildman–Crippen LogP) is 2.71. The third kappa shape index (κ3) is 3.97. The second kappa shape index (κ2) is 7.53.